The molecule has 1 aromatic carbocycles. The molecule has 3 aliphatic rings. The van der Waals surface area contributed by atoms with E-state index in [4.69, 9.17) is 14.5 Å². The molecule has 2 aliphatic heterocycles. The van der Waals surface area contributed by atoms with Gasteiger partial charge in [0, 0.05) is 37.5 Å². The van der Waals surface area contributed by atoms with Crippen molar-refractivity contribution in [2.75, 3.05) is 38.2 Å². The van der Waals surface area contributed by atoms with Crippen LogP contribution in [0, 0.1) is 5.92 Å². The number of unbranched alkanes of at least 4 members (excludes halogenated alkanes) is 1. The molecule has 0 spiro atoms. The van der Waals surface area contributed by atoms with Gasteiger partial charge in [0.15, 0.2) is 0 Å². The predicted octanol–water partition coefficient (Wildman–Crippen LogP) is 4.47. The lowest BCUT2D eigenvalue weighted by atomic mass is 10.0. The van der Waals surface area contributed by atoms with Crippen molar-refractivity contribution in [3.05, 3.63) is 53.2 Å². The number of aliphatic carboxylic acids is 1. The van der Waals surface area contributed by atoms with E-state index in [1.54, 1.807) is 0 Å². The number of aromatic nitrogens is 1. The maximum atomic E-state index is 12.3. The summed E-state index contributed by atoms with van der Waals surface area (Å²) in [5, 5.41) is 13.5. The zero-order chi connectivity index (χ0) is 24.0. The molecule has 1 aromatic heterocycles. The zero-order valence-electron chi connectivity index (χ0n) is 20.5. The normalized spacial score (nSPS) is 20.7. The van der Waals surface area contributed by atoms with Gasteiger partial charge in [0.1, 0.15) is 17.6 Å². The Balaban J connectivity index is 1.08. The summed E-state index contributed by atoms with van der Waals surface area (Å²) < 4.78 is 12.2. The predicted molar refractivity (Wildman–Crippen MR) is 135 cm³/mol. The molecular weight excluding hydrogens is 442 g/mol. The minimum atomic E-state index is -0.833. The van der Waals surface area contributed by atoms with Crippen molar-refractivity contribution in [3.8, 4) is 5.75 Å². The smallest absolute Gasteiger partial charge is 0.325 e. The first kappa shape index (κ1) is 24.1. The van der Waals surface area contributed by atoms with Crippen LogP contribution in [0.15, 0.2) is 36.4 Å². The summed E-state index contributed by atoms with van der Waals surface area (Å²) >= 11 is 0. The number of nitrogens with one attached hydrogen (secondary N) is 1. The number of hydrogen-bond acceptors (Lipinski definition) is 6. The highest BCUT2D eigenvalue weighted by atomic mass is 16.5. The van der Waals surface area contributed by atoms with E-state index < -0.39 is 12.0 Å². The first-order valence-electron chi connectivity index (χ1n) is 13.2. The summed E-state index contributed by atoms with van der Waals surface area (Å²) in [7, 11) is 0. The van der Waals surface area contributed by atoms with Crippen molar-refractivity contribution in [1.29, 1.82) is 0 Å². The molecule has 2 aromatic rings. The molecule has 188 valence electrons. The van der Waals surface area contributed by atoms with Gasteiger partial charge >= 0.3 is 5.97 Å². The summed E-state index contributed by atoms with van der Waals surface area (Å²) in [5.74, 6) is 1.54. The second-order valence-corrected chi connectivity index (χ2v) is 10.1. The van der Waals surface area contributed by atoms with Crippen molar-refractivity contribution in [1.82, 2.24) is 9.88 Å². The molecule has 2 atom stereocenters. The van der Waals surface area contributed by atoms with Crippen LogP contribution in [0.3, 0.4) is 0 Å². The number of hydrogen-bond donors (Lipinski definition) is 2. The number of ether oxygens (including phenoxy) is 2. The lowest BCUT2D eigenvalue weighted by Gasteiger charge is -2.26. The molecule has 0 unspecified atom stereocenters. The lowest BCUT2D eigenvalue weighted by Crippen LogP contribution is -2.33. The Labute approximate surface area is 207 Å². The van der Waals surface area contributed by atoms with Gasteiger partial charge in [-0.05, 0) is 75.0 Å². The van der Waals surface area contributed by atoms with Crippen molar-refractivity contribution >= 4 is 11.8 Å². The number of pyridine rings is 1. The number of carboxylic acids is 1. The molecule has 7 nitrogen and oxygen atoms in total. The molecule has 0 bridgehead atoms. The first-order chi connectivity index (χ1) is 17.2. The summed E-state index contributed by atoms with van der Waals surface area (Å²) in [6.45, 7) is 3.72. The monoisotopic (exact) mass is 479 g/mol. The number of benzene rings is 1. The largest absolute Gasteiger partial charge is 0.493 e. The Kier molecular flexibility index (Phi) is 7.84. The number of nitrogens with zero attached hydrogens (tertiary/aromatic N) is 2. The Hall–Kier alpha value is -2.64. The standard InChI is InChI=1S/C28H37N3O4/c32-28(33)26(24-8-1-2-9-25(24)35-19-20-10-11-20)31-16-14-23(18-31)34-17-4-3-7-22-13-12-21-6-5-15-29-27(21)30-22/h1-2,8-9,12-13,20,23,26H,3-7,10-11,14-19H2,(H,29,30)(H,32,33)/t23-,26+/m1/s1. The van der Waals surface area contributed by atoms with Crippen molar-refractivity contribution in [2.45, 2.75) is 63.5 Å². The molecule has 0 radical (unpaired) electrons. The van der Waals surface area contributed by atoms with Gasteiger partial charge in [-0.25, -0.2) is 4.98 Å². The SMILES string of the molecule is O=C(O)[C@H](c1ccccc1OCC1CC1)N1CC[C@@H](OCCCCc2ccc3c(n2)NCCC3)C1. The van der Waals surface area contributed by atoms with Crippen LogP contribution in [-0.2, 0) is 22.4 Å². The van der Waals surface area contributed by atoms with Crippen LogP contribution in [0.4, 0.5) is 5.82 Å². The minimum Gasteiger partial charge on any atom is -0.493 e. The van der Waals surface area contributed by atoms with Crippen molar-refractivity contribution in [3.63, 3.8) is 0 Å². The first-order valence-corrected chi connectivity index (χ1v) is 13.2. The summed E-state index contributed by atoms with van der Waals surface area (Å²) in [6, 6.07) is 11.2. The second-order valence-electron chi connectivity index (χ2n) is 10.1. The van der Waals surface area contributed by atoms with Gasteiger partial charge in [-0.3, -0.25) is 9.69 Å². The van der Waals surface area contributed by atoms with Gasteiger partial charge < -0.3 is 19.9 Å². The Bertz CT molecular complexity index is 1010. The van der Waals surface area contributed by atoms with Gasteiger partial charge in [-0.15, -0.1) is 0 Å². The summed E-state index contributed by atoms with van der Waals surface area (Å²) in [5.41, 5.74) is 3.20. The van der Waals surface area contributed by atoms with E-state index in [1.807, 2.05) is 29.2 Å². The molecule has 5 rings (SSSR count). The molecule has 3 heterocycles. The van der Waals surface area contributed by atoms with Gasteiger partial charge in [-0.1, -0.05) is 24.3 Å². The lowest BCUT2D eigenvalue weighted by molar-refractivity contribution is -0.143. The Morgan fingerprint density at radius 3 is 2.91 bits per heavy atom. The van der Waals surface area contributed by atoms with Gasteiger partial charge in [0.2, 0.25) is 0 Å². The fraction of sp³-hybridized carbons (Fsp3) is 0.571. The van der Waals surface area contributed by atoms with Crippen LogP contribution >= 0.6 is 0 Å². The van der Waals surface area contributed by atoms with Crippen molar-refractivity contribution in [2.24, 2.45) is 5.92 Å². The van der Waals surface area contributed by atoms with E-state index in [2.05, 4.69) is 17.4 Å². The van der Waals surface area contributed by atoms with E-state index in [-0.39, 0.29) is 6.10 Å². The van der Waals surface area contributed by atoms with E-state index in [0.29, 0.717) is 38.0 Å². The van der Waals surface area contributed by atoms with Gasteiger partial charge in [0.25, 0.3) is 0 Å². The number of carboxylic acid groups (broad SMARTS) is 1. The number of fused-ring (bicyclic) bond motifs is 1. The average molecular weight is 480 g/mol. The number of para-hydroxylation sites is 1. The van der Waals surface area contributed by atoms with Crippen LogP contribution in [0.25, 0.3) is 0 Å². The van der Waals surface area contributed by atoms with Crippen LogP contribution in [-0.4, -0.2) is 59.9 Å². The fourth-order valence-electron chi connectivity index (χ4n) is 5.11. The van der Waals surface area contributed by atoms with Gasteiger partial charge in [-0.2, -0.15) is 0 Å². The molecule has 2 N–H and O–H groups in total. The van der Waals surface area contributed by atoms with Crippen LogP contribution in [0.2, 0.25) is 0 Å². The molecule has 7 heteroatoms. The Morgan fingerprint density at radius 1 is 1.17 bits per heavy atom. The molecule has 35 heavy (non-hydrogen) atoms. The molecule has 1 aliphatic carbocycles. The van der Waals surface area contributed by atoms with E-state index in [1.165, 1.54) is 24.8 Å². The molecule has 1 saturated heterocycles. The third-order valence-electron chi connectivity index (χ3n) is 7.29. The maximum absolute atomic E-state index is 12.3. The van der Waals surface area contributed by atoms with E-state index >= 15 is 0 Å². The number of carbonyl (C=O) groups is 1. The summed E-state index contributed by atoms with van der Waals surface area (Å²) in [6.07, 6.45) is 8.59. The molecular formula is C28H37N3O4. The highest BCUT2D eigenvalue weighted by Gasteiger charge is 2.35. The third kappa shape index (κ3) is 6.33. The Morgan fingerprint density at radius 2 is 2.06 bits per heavy atom. The molecule has 1 saturated carbocycles. The molecule has 0 amide bonds. The van der Waals surface area contributed by atoms with E-state index in [9.17, 15) is 9.90 Å². The fourth-order valence-corrected chi connectivity index (χ4v) is 5.11. The van der Waals surface area contributed by atoms with Crippen LogP contribution in [0.1, 0.15) is 61.4 Å². The minimum absolute atomic E-state index is 0.0717. The van der Waals surface area contributed by atoms with Crippen LogP contribution in [0.5, 0.6) is 5.75 Å². The van der Waals surface area contributed by atoms with Crippen molar-refractivity contribution < 1.29 is 19.4 Å². The third-order valence-corrected chi connectivity index (χ3v) is 7.29. The summed E-state index contributed by atoms with van der Waals surface area (Å²) in [4.78, 5) is 19.1. The number of rotatable bonds is 12. The number of anilines is 1. The average Bonchev–Trinajstić information content (AvgIpc) is 3.60. The van der Waals surface area contributed by atoms with E-state index in [0.717, 1.165) is 55.7 Å². The van der Waals surface area contributed by atoms with Gasteiger partial charge in [0.05, 0.1) is 12.7 Å². The molecule has 2 fully saturated rings. The van der Waals surface area contributed by atoms with Crippen LogP contribution < -0.4 is 10.1 Å². The quantitative estimate of drug-likeness (QED) is 0.435. The number of aryl methyl sites for hydroxylation is 2. The number of likely N-dealkylation sites (tertiary alicyclic amines) is 1. The highest BCUT2D eigenvalue weighted by Crippen LogP contribution is 2.35. The highest BCUT2D eigenvalue weighted by molar-refractivity contribution is 5.76. The topological polar surface area (TPSA) is 83.9 Å². The zero-order valence-corrected chi connectivity index (χ0v) is 20.5. The maximum Gasteiger partial charge on any atom is 0.325 e. The second kappa shape index (κ2) is 11.4.